The summed E-state index contributed by atoms with van der Waals surface area (Å²) >= 11 is 0. The number of oxazole rings is 1. The zero-order chi connectivity index (χ0) is 19.7. The van der Waals surface area contributed by atoms with E-state index in [1.807, 2.05) is 35.2 Å². The van der Waals surface area contributed by atoms with Crippen molar-refractivity contribution >= 4 is 15.7 Å². The molecular formula is C22H24N2O3S. The van der Waals surface area contributed by atoms with Gasteiger partial charge in [0.25, 0.3) is 0 Å². The van der Waals surface area contributed by atoms with Crippen molar-refractivity contribution in [2.45, 2.75) is 30.2 Å². The van der Waals surface area contributed by atoms with Crippen molar-refractivity contribution in [2.24, 2.45) is 11.8 Å². The maximum Gasteiger partial charge on any atom is 0.236 e. The number of rotatable bonds is 4. The molecule has 0 unspecified atom stereocenters. The molecule has 6 heteroatoms. The highest BCUT2D eigenvalue weighted by Gasteiger charge is 2.34. The Hall–Kier alpha value is -2.60. The molecule has 1 saturated heterocycles. The van der Waals surface area contributed by atoms with Crippen LogP contribution in [-0.2, 0) is 9.84 Å². The topological polar surface area (TPSA) is 63.4 Å². The van der Waals surface area contributed by atoms with E-state index in [0.717, 1.165) is 25.1 Å². The van der Waals surface area contributed by atoms with Crippen LogP contribution >= 0.6 is 0 Å². The van der Waals surface area contributed by atoms with Crippen LogP contribution in [0.1, 0.15) is 20.3 Å². The first-order valence-electron chi connectivity index (χ1n) is 9.56. The third-order valence-electron chi connectivity index (χ3n) is 5.06. The van der Waals surface area contributed by atoms with E-state index in [9.17, 15) is 8.42 Å². The van der Waals surface area contributed by atoms with Gasteiger partial charge in [0.15, 0.2) is 0 Å². The molecule has 0 amide bonds. The first kappa shape index (κ1) is 18.7. The fourth-order valence-corrected chi connectivity index (χ4v) is 5.26. The molecule has 4 rings (SSSR count). The molecule has 3 aromatic rings. The molecule has 5 nitrogen and oxygen atoms in total. The lowest BCUT2D eigenvalue weighted by molar-refractivity contribution is 0.342. The lowest BCUT2D eigenvalue weighted by Crippen LogP contribution is -2.39. The smallest absolute Gasteiger partial charge is 0.236 e. The van der Waals surface area contributed by atoms with Crippen molar-refractivity contribution in [3.63, 3.8) is 0 Å². The molecule has 1 aliphatic heterocycles. The number of anilines is 1. The van der Waals surface area contributed by atoms with Crippen LogP contribution in [0.5, 0.6) is 0 Å². The molecule has 0 radical (unpaired) electrons. The molecule has 0 aliphatic carbocycles. The third-order valence-corrected chi connectivity index (χ3v) is 6.73. The average molecular weight is 397 g/mol. The lowest BCUT2D eigenvalue weighted by Gasteiger charge is -2.34. The predicted molar refractivity (Wildman–Crippen MR) is 109 cm³/mol. The van der Waals surface area contributed by atoms with E-state index in [0.29, 0.717) is 23.6 Å². The predicted octanol–water partition coefficient (Wildman–Crippen LogP) is 4.66. The minimum Gasteiger partial charge on any atom is -0.419 e. The van der Waals surface area contributed by atoms with Crippen molar-refractivity contribution in [1.82, 2.24) is 4.98 Å². The van der Waals surface area contributed by atoms with Crippen LogP contribution in [0.2, 0.25) is 0 Å². The van der Waals surface area contributed by atoms with Gasteiger partial charge < -0.3 is 9.32 Å². The Morgan fingerprint density at radius 2 is 1.50 bits per heavy atom. The molecule has 28 heavy (non-hydrogen) atoms. The summed E-state index contributed by atoms with van der Waals surface area (Å²) in [5.74, 6) is 1.60. The van der Waals surface area contributed by atoms with Crippen LogP contribution in [0.25, 0.3) is 11.5 Å². The van der Waals surface area contributed by atoms with Gasteiger partial charge in [-0.25, -0.2) is 8.42 Å². The Kier molecular flexibility index (Phi) is 4.98. The first-order chi connectivity index (χ1) is 13.4. The number of hydrogen-bond donors (Lipinski definition) is 0. The fourth-order valence-electron chi connectivity index (χ4n) is 3.92. The van der Waals surface area contributed by atoms with E-state index in [4.69, 9.17) is 4.42 Å². The fraction of sp³-hybridized carbons (Fsp3) is 0.318. The second-order valence-corrected chi connectivity index (χ2v) is 9.53. The monoisotopic (exact) mass is 396 g/mol. The van der Waals surface area contributed by atoms with Gasteiger partial charge in [0.2, 0.25) is 26.6 Å². The quantitative estimate of drug-likeness (QED) is 0.642. The molecule has 0 bridgehead atoms. The van der Waals surface area contributed by atoms with Gasteiger partial charge in [-0.05, 0) is 42.5 Å². The third kappa shape index (κ3) is 3.56. The molecule has 2 aromatic carbocycles. The van der Waals surface area contributed by atoms with Gasteiger partial charge in [-0.15, -0.1) is 0 Å². The lowest BCUT2D eigenvalue weighted by atomic mass is 9.92. The SMILES string of the molecule is C[C@H]1C[C@H](C)CN(c2oc(-c3ccccc3)nc2S(=O)(=O)c2ccccc2)C1. The molecule has 146 valence electrons. The molecular weight excluding hydrogens is 372 g/mol. The molecule has 0 N–H and O–H groups in total. The van der Waals surface area contributed by atoms with Gasteiger partial charge in [0.1, 0.15) is 0 Å². The van der Waals surface area contributed by atoms with Crippen molar-refractivity contribution in [2.75, 3.05) is 18.0 Å². The van der Waals surface area contributed by atoms with Crippen molar-refractivity contribution in [3.8, 4) is 11.5 Å². The van der Waals surface area contributed by atoms with Crippen LogP contribution < -0.4 is 4.90 Å². The Labute approximate surface area is 165 Å². The Balaban J connectivity index is 1.85. The summed E-state index contributed by atoms with van der Waals surface area (Å²) in [7, 11) is -3.79. The highest BCUT2D eigenvalue weighted by molar-refractivity contribution is 7.91. The van der Waals surface area contributed by atoms with Crippen molar-refractivity contribution in [1.29, 1.82) is 0 Å². The number of sulfone groups is 1. The number of benzene rings is 2. The minimum atomic E-state index is -3.79. The number of aromatic nitrogens is 1. The van der Waals surface area contributed by atoms with Crippen molar-refractivity contribution < 1.29 is 12.8 Å². The summed E-state index contributed by atoms with van der Waals surface area (Å²) in [4.78, 5) is 6.72. The van der Waals surface area contributed by atoms with Crippen LogP contribution in [0.3, 0.4) is 0 Å². The van der Waals surface area contributed by atoms with Gasteiger partial charge >= 0.3 is 0 Å². The molecule has 0 saturated carbocycles. The summed E-state index contributed by atoms with van der Waals surface area (Å²) in [6.45, 7) is 5.88. The summed E-state index contributed by atoms with van der Waals surface area (Å²) in [6, 6.07) is 17.8. The van der Waals surface area contributed by atoms with Crippen molar-refractivity contribution in [3.05, 3.63) is 60.7 Å². The molecule has 1 aliphatic rings. The molecule has 1 fully saturated rings. The zero-order valence-electron chi connectivity index (χ0n) is 16.1. The molecule has 2 heterocycles. The standard InChI is InChI=1S/C22H24N2O3S/c1-16-13-17(2)15-24(14-16)22-21(28(25,26)19-11-7-4-8-12-19)23-20(27-22)18-9-5-3-6-10-18/h3-12,16-17H,13-15H2,1-2H3/t16-,17-/m0/s1. The molecule has 0 spiro atoms. The largest absolute Gasteiger partial charge is 0.419 e. The summed E-state index contributed by atoms with van der Waals surface area (Å²) in [5.41, 5.74) is 0.761. The Morgan fingerprint density at radius 3 is 2.11 bits per heavy atom. The minimum absolute atomic E-state index is 0.00106. The normalized spacial score (nSPS) is 20.3. The van der Waals surface area contributed by atoms with E-state index in [1.54, 1.807) is 30.3 Å². The Morgan fingerprint density at radius 1 is 0.929 bits per heavy atom. The molecule has 1 aromatic heterocycles. The number of piperidine rings is 1. The zero-order valence-corrected chi connectivity index (χ0v) is 16.9. The summed E-state index contributed by atoms with van der Waals surface area (Å²) < 4.78 is 32.8. The van der Waals surface area contributed by atoms with Crippen LogP contribution in [0.4, 0.5) is 5.88 Å². The van der Waals surface area contributed by atoms with E-state index in [-0.39, 0.29) is 9.92 Å². The highest BCUT2D eigenvalue weighted by atomic mass is 32.2. The highest BCUT2D eigenvalue weighted by Crippen LogP contribution is 2.37. The summed E-state index contributed by atoms with van der Waals surface area (Å²) in [5, 5.41) is -0.00106. The van der Waals surface area contributed by atoms with E-state index < -0.39 is 9.84 Å². The van der Waals surface area contributed by atoms with Crippen LogP contribution in [-0.4, -0.2) is 26.5 Å². The second kappa shape index (κ2) is 7.43. The van der Waals surface area contributed by atoms with E-state index >= 15 is 0 Å². The van der Waals surface area contributed by atoms with Crippen LogP contribution in [0.15, 0.2) is 75.0 Å². The summed E-state index contributed by atoms with van der Waals surface area (Å²) in [6.07, 6.45) is 1.12. The van der Waals surface area contributed by atoms with Gasteiger partial charge in [-0.2, -0.15) is 4.98 Å². The maximum absolute atomic E-state index is 13.4. The van der Waals surface area contributed by atoms with Crippen LogP contribution in [0, 0.1) is 11.8 Å². The Bertz CT molecular complexity index is 1040. The van der Waals surface area contributed by atoms with Gasteiger partial charge in [-0.3, -0.25) is 0 Å². The second-order valence-electron chi connectivity index (χ2n) is 7.66. The van der Waals surface area contributed by atoms with Gasteiger partial charge in [0.05, 0.1) is 4.90 Å². The van der Waals surface area contributed by atoms with E-state index in [2.05, 4.69) is 18.8 Å². The van der Waals surface area contributed by atoms with Gasteiger partial charge in [-0.1, -0.05) is 50.2 Å². The van der Waals surface area contributed by atoms with Gasteiger partial charge in [0, 0.05) is 18.7 Å². The molecule has 2 atom stereocenters. The maximum atomic E-state index is 13.4. The first-order valence-corrected chi connectivity index (χ1v) is 11.0. The average Bonchev–Trinajstić information content (AvgIpc) is 3.15. The number of nitrogens with zero attached hydrogens (tertiary/aromatic N) is 2. The number of hydrogen-bond acceptors (Lipinski definition) is 5. The van der Waals surface area contributed by atoms with E-state index in [1.165, 1.54) is 0 Å².